The Hall–Kier alpha value is -2.17. The Labute approximate surface area is 163 Å². The maximum atomic E-state index is 11.7. The number of carbonyl (C=O) groups excluding carboxylic acids is 1. The van der Waals surface area contributed by atoms with Gasteiger partial charge in [0.05, 0.1) is 7.11 Å². The molecule has 0 aliphatic heterocycles. The first-order valence-electron chi connectivity index (χ1n) is 10.0. The number of rotatable bonds is 10. The van der Waals surface area contributed by atoms with Gasteiger partial charge in [-0.15, -0.1) is 0 Å². The Balaban J connectivity index is 2.00. The van der Waals surface area contributed by atoms with Gasteiger partial charge in [-0.25, -0.2) is 14.8 Å². The molecule has 0 saturated carbocycles. The summed E-state index contributed by atoms with van der Waals surface area (Å²) in [5.74, 6) is 1.52. The summed E-state index contributed by atoms with van der Waals surface area (Å²) >= 11 is 0. The Morgan fingerprint density at radius 3 is 2.67 bits per heavy atom. The normalized spacial score (nSPS) is 11.2. The van der Waals surface area contributed by atoms with Gasteiger partial charge in [0.1, 0.15) is 11.5 Å². The molecule has 0 aliphatic rings. The number of hydrogen-bond donors (Lipinski definition) is 0. The van der Waals surface area contributed by atoms with E-state index in [1.807, 2.05) is 19.2 Å². The molecule has 0 aliphatic carbocycles. The van der Waals surface area contributed by atoms with Crippen molar-refractivity contribution in [3.8, 4) is 0 Å². The van der Waals surface area contributed by atoms with E-state index in [1.165, 1.54) is 25.6 Å². The van der Waals surface area contributed by atoms with Crippen molar-refractivity contribution in [1.29, 1.82) is 0 Å². The monoisotopic (exact) mass is 371 g/mol. The summed E-state index contributed by atoms with van der Waals surface area (Å²) in [6.07, 6.45) is 8.17. The zero-order valence-corrected chi connectivity index (χ0v) is 17.4. The Morgan fingerprint density at radius 1 is 1.22 bits per heavy atom. The molecule has 27 heavy (non-hydrogen) atoms. The number of ether oxygens (including phenoxy) is 1. The van der Waals surface area contributed by atoms with Crippen LogP contribution in [0.4, 0.5) is 0 Å². The summed E-state index contributed by atoms with van der Waals surface area (Å²) in [6.45, 7) is 9.75. The van der Waals surface area contributed by atoms with E-state index in [-0.39, 0.29) is 5.97 Å². The van der Waals surface area contributed by atoms with Crippen molar-refractivity contribution in [3.05, 3.63) is 46.8 Å². The van der Waals surface area contributed by atoms with Gasteiger partial charge in [0.2, 0.25) is 0 Å². The maximum absolute atomic E-state index is 11.7. The molecule has 2 rings (SSSR count). The van der Waals surface area contributed by atoms with Gasteiger partial charge in [-0.1, -0.05) is 20.8 Å². The molecular weight excluding hydrogens is 338 g/mol. The summed E-state index contributed by atoms with van der Waals surface area (Å²) in [4.78, 5) is 20.9. The van der Waals surface area contributed by atoms with Gasteiger partial charge < -0.3 is 9.30 Å². The second-order valence-electron chi connectivity index (χ2n) is 7.57. The molecule has 5 nitrogen and oxygen atoms in total. The number of esters is 1. The predicted molar refractivity (Wildman–Crippen MR) is 108 cm³/mol. The smallest absolute Gasteiger partial charge is 0.356 e. The van der Waals surface area contributed by atoms with Crippen molar-refractivity contribution in [1.82, 2.24) is 14.5 Å². The van der Waals surface area contributed by atoms with E-state index in [4.69, 9.17) is 4.74 Å². The minimum absolute atomic E-state index is 0.381. The van der Waals surface area contributed by atoms with Crippen LogP contribution in [0.5, 0.6) is 0 Å². The van der Waals surface area contributed by atoms with E-state index >= 15 is 0 Å². The first-order chi connectivity index (χ1) is 12.9. The van der Waals surface area contributed by atoms with Crippen LogP contribution in [0.2, 0.25) is 0 Å². The zero-order valence-electron chi connectivity index (χ0n) is 17.4. The van der Waals surface area contributed by atoms with Crippen molar-refractivity contribution in [2.24, 2.45) is 5.92 Å². The van der Waals surface area contributed by atoms with Crippen LogP contribution in [0.25, 0.3) is 0 Å². The fourth-order valence-corrected chi connectivity index (χ4v) is 3.37. The molecule has 0 amide bonds. The molecule has 0 atom stereocenters. The van der Waals surface area contributed by atoms with Crippen LogP contribution in [-0.2, 0) is 30.5 Å². The van der Waals surface area contributed by atoms with Crippen LogP contribution in [0.1, 0.15) is 73.3 Å². The third kappa shape index (κ3) is 6.19. The highest BCUT2D eigenvalue weighted by Crippen LogP contribution is 2.15. The molecule has 0 N–H and O–H groups in total. The zero-order chi connectivity index (χ0) is 19.8. The van der Waals surface area contributed by atoms with E-state index < -0.39 is 0 Å². The van der Waals surface area contributed by atoms with E-state index in [9.17, 15) is 4.79 Å². The maximum Gasteiger partial charge on any atom is 0.356 e. The number of carbonyl (C=O) groups is 1. The summed E-state index contributed by atoms with van der Waals surface area (Å²) < 4.78 is 7.19. The standard InChI is InChI=1S/C22H33N3O2/c1-6-19-15-23-21(25(19)12-8-9-16(2)3)11-7-10-18-13-17(4)14-20(24-18)22(26)27-5/h13-16H,6-12H2,1-5H3. The molecule has 2 aromatic heterocycles. The van der Waals surface area contributed by atoms with Gasteiger partial charge in [-0.2, -0.15) is 0 Å². The number of imidazole rings is 1. The molecular formula is C22H33N3O2. The van der Waals surface area contributed by atoms with Crippen molar-refractivity contribution < 1.29 is 9.53 Å². The second-order valence-corrected chi connectivity index (χ2v) is 7.57. The fraction of sp³-hybridized carbons (Fsp3) is 0.591. The van der Waals surface area contributed by atoms with Gasteiger partial charge in [0, 0.05) is 30.6 Å². The van der Waals surface area contributed by atoms with Gasteiger partial charge in [-0.05, 0) is 62.6 Å². The second kappa shape index (κ2) is 10.2. The molecule has 0 bridgehead atoms. The lowest BCUT2D eigenvalue weighted by Crippen LogP contribution is -2.10. The van der Waals surface area contributed by atoms with Crippen LogP contribution in [0.3, 0.4) is 0 Å². The quantitative estimate of drug-likeness (QED) is 0.575. The number of aryl methyl sites for hydroxylation is 4. The van der Waals surface area contributed by atoms with Crippen LogP contribution in [-0.4, -0.2) is 27.6 Å². The third-order valence-electron chi connectivity index (χ3n) is 4.80. The number of methoxy groups -OCH3 is 1. The molecule has 0 saturated heterocycles. The van der Waals surface area contributed by atoms with Crippen LogP contribution >= 0.6 is 0 Å². The van der Waals surface area contributed by atoms with Crippen molar-refractivity contribution in [3.63, 3.8) is 0 Å². The first kappa shape index (κ1) is 21.1. The molecule has 0 unspecified atom stereocenters. The number of nitrogens with zero attached hydrogens (tertiary/aromatic N) is 3. The van der Waals surface area contributed by atoms with Crippen molar-refractivity contribution in [2.75, 3.05) is 7.11 Å². The topological polar surface area (TPSA) is 57.0 Å². The molecule has 2 heterocycles. The fourth-order valence-electron chi connectivity index (χ4n) is 3.37. The van der Waals surface area contributed by atoms with Gasteiger partial charge >= 0.3 is 5.97 Å². The summed E-state index contributed by atoms with van der Waals surface area (Å²) in [6, 6.07) is 3.81. The molecule has 2 aromatic rings. The number of hydrogen-bond acceptors (Lipinski definition) is 4. The summed E-state index contributed by atoms with van der Waals surface area (Å²) in [5, 5.41) is 0. The van der Waals surface area contributed by atoms with Gasteiger partial charge in [-0.3, -0.25) is 0 Å². The van der Waals surface area contributed by atoms with E-state index in [1.54, 1.807) is 6.07 Å². The SMILES string of the molecule is CCc1cnc(CCCc2cc(C)cc(C(=O)OC)n2)n1CCCC(C)C. The minimum Gasteiger partial charge on any atom is -0.464 e. The van der Waals surface area contributed by atoms with Crippen molar-refractivity contribution >= 4 is 5.97 Å². The summed E-state index contributed by atoms with van der Waals surface area (Å²) in [7, 11) is 1.39. The highest BCUT2D eigenvalue weighted by atomic mass is 16.5. The van der Waals surface area contributed by atoms with Gasteiger partial charge in [0.25, 0.3) is 0 Å². The Morgan fingerprint density at radius 2 is 2.00 bits per heavy atom. The Kier molecular flexibility index (Phi) is 8.01. The molecule has 0 radical (unpaired) electrons. The lowest BCUT2D eigenvalue weighted by atomic mass is 10.1. The first-order valence-corrected chi connectivity index (χ1v) is 10.0. The minimum atomic E-state index is -0.381. The van der Waals surface area contributed by atoms with E-state index in [2.05, 4.69) is 35.3 Å². The number of aromatic nitrogens is 3. The van der Waals surface area contributed by atoms with E-state index in [0.29, 0.717) is 5.69 Å². The highest BCUT2D eigenvalue weighted by molar-refractivity contribution is 5.87. The number of pyridine rings is 1. The van der Waals surface area contributed by atoms with Crippen LogP contribution in [0.15, 0.2) is 18.3 Å². The van der Waals surface area contributed by atoms with Crippen molar-refractivity contribution in [2.45, 2.75) is 72.8 Å². The average Bonchev–Trinajstić information content (AvgIpc) is 3.02. The van der Waals surface area contributed by atoms with Crippen LogP contribution < -0.4 is 0 Å². The predicted octanol–water partition coefficient (Wildman–Crippen LogP) is 4.55. The van der Waals surface area contributed by atoms with Crippen LogP contribution in [0, 0.1) is 12.8 Å². The lowest BCUT2D eigenvalue weighted by molar-refractivity contribution is 0.0593. The molecule has 0 aromatic carbocycles. The molecule has 0 spiro atoms. The summed E-state index contributed by atoms with van der Waals surface area (Å²) in [5.41, 5.74) is 3.67. The highest BCUT2D eigenvalue weighted by Gasteiger charge is 2.11. The molecule has 5 heteroatoms. The lowest BCUT2D eigenvalue weighted by Gasteiger charge is -2.12. The van der Waals surface area contributed by atoms with Gasteiger partial charge in [0.15, 0.2) is 0 Å². The van der Waals surface area contributed by atoms with E-state index in [0.717, 1.165) is 55.2 Å². The molecule has 0 fully saturated rings. The molecule has 148 valence electrons. The largest absolute Gasteiger partial charge is 0.464 e. The Bertz CT molecular complexity index is 750. The third-order valence-corrected chi connectivity index (χ3v) is 4.80. The average molecular weight is 372 g/mol.